The normalized spacial score (nSPS) is 19.0. The number of hydrogen-bond acceptors (Lipinski definition) is 3. The SMILES string of the molecule is COC(=O)N1c2ccc3c(nc(Cc4ccc(F)c(F)c4)n3C3CCCCC3)c2CC[C@@H]1C. The highest BCUT2D eigenvalue weighted by molar-refractivity contribution is 5.95. The molecule has 0 bridgehead atoms. The zero-order valence-corrected chi connectivity index (χ0v) is 19.1. The fourth-order valence-electron chi connectivity index (χ4n) is 5.53. The highest BCUT2D eigenvalue weighted by Gasteiger charge is 2.32. The van der Waals surface area contributed by atoms with Crippen molar-refractivity contribution >= 4 is 22.8 Å². The first-order valence-corrected chi connectivity index (χ1v) is 11.8. The third-order valence-corrected chi connectivity index (χ3v) is 7.19. The number of carbonyl (C=O) groups excluding carboxylic acids is 1. The lowest BCUT2D eigenvalue weighted by Crippen LogP contribution is -2.42. The number of aromatic nitrogens is 2. The van der Waals surface area contributed by atoms with Crippen LogP contribution >= 0.6 is 0 Å². The number of halogens is 2. The second-order valence-corrected chi connectivity index (χ2v) is 9.27. The maximum Gasteiger partial charge on any atom is 0.414 e. The predicted molar refractivity (Wildman–Crippen MR) is 124 cm³/mol. The third-order valence-electron chi connectivity index (χ3n) is 7.19. The van der Waals surface area contributed by atoms with Crippen molar-refractivity contribution in [1.29, 1.82) is 0 Å². The summed E-state index contributed by atoms with van der Waals surface area (Å²) in [7, 11) is 1.40. The predicted octanol–water partition coefficient (Wildman–Crippen LogP) is 6.32. The third kappa shape index (κ3) is 3.87. The highest BCUT2D eigenvalue weighted by Crippen LogP contribution is 2.39. The summed E-state index contributed by atoms with van der Waals surface area (Å²) in [5, 5.41) is 0. The maximum atomic E-state index is 13.9. The van der Waals surface area contributed by atoms with Crippen molar-refractivity contribution in [3.05, 3.63) is 58.9 Å². The fourth-order valence-corrected chi connectivity index (χ4v) is 5.53. The average molecular weight is 454 g/mol. The molecule has 3 aromatic rings. The molecule has 1 fully saturated rings. The van der Waals surface area contributed by atoms with Gasteiger partial charge in [-0.25, -0.2) is 18.6 Å². The lowest BCUT2D eigenvalue weighted by Gasteiger charge is -2.34. The van der Waals surface area contributed by atoms with Gasteiger partial charge in [0, 0.05) is 24.1 Å². The van der Waals surface area contributed by atoms with Gasteiger partial charge in [0.2, 0.25) is 0 Å². The molecular formula is C26H29F2N3O2. The molecule has 0 radical (unpaired) electrons. The van der Waals surface area contributed by atoms with Crippen molar-refractivity contribution in [2.45, 2.75) is 70.4 Å². The Balaban J connectivity index is 1.65. The summed E-state index contributed by atoms with van der Waals surface area (Å²) in [6.45, 7) is 2.03. The van der Waals surface area contributed by atoms with Crippen molar-refractivity contribution in [2.75, 3.05) is 12.0 Å². The molecule has 5 nitrogen and oxygen atoms in total. The molecule has 2 aliphatic rings. The second kappa shape index (κ2) is 8.76. The molecule has 1 aromatic heterocycles. The molecule has 2 aromatic carbocycles. The van der Waals surface area contributed by atoms with Crippen LogP contribution in [0, 0.1) is 11.6 Å². The lowest BCUT2D eigenvalue weighted by atomic mass is 9.94. The number of benzene rings is 2. The van der Waals surface area contributed by atoms with Crippen LogP contribution in [0.15, 0.2) is 30.3 Å². The van der Waals surface area contributed by atoms with E-state index in [1.807, 2.05) is 13.0 Å². The number of methoxy groups -OCH3 is 1. The van der Waals surface area contributed by atoms with Crippen LogP contribution in [0.1, 0.15) is 68.4 Å². The first kappa shape index (κ1) is 21.9. The average Bonchev–Trinajstić information content (AvgIpc) is 3.19. The van der Waals surface area contributed by atoms with Crippen molar-refractivity contribution in [1.82, 2.24) is 9.55 Å². The maximum absolute atomic E-state index is 13.9. The molecule has 33 heavy (non-hydrogen) atoms. The summed E-state index contributed by atoms with van der Waals surface area (Å²) in [4.78, 5) is 19.3. The molecule has 0 N–H and O–H groups in total. The smallest absolute Gasteiger partial charge is 0.414 e. The first-order chi connectivity index (χ1) is 16.0. The van der Waals surface area contributed by atoms with Crippen LogP contribution in [-0.2, 0) is 17.6 Å². The lowest BCUT2D eigenvalue weighted by molar-refractivity contribution is 0.175. The Bertz CT molecular complexity index is 1200. The number of ether oxygens (including phenoxy) is 1. The molecule has 1 atom stereocenters. The molecule has 5 rings (SSSR count). The van der Waals surface area contributed by atoms with Crippen molar-refractivity contribution in [2.24, 2.45) is 0 Å². The standard InChI is InChI=1S/C26H29F2N3O2/c1-16-8-10-19-22(30(16)26(32)33-2)12-13-23-25(19)29-24(31(23)18-6-4-3-5-7-18)15-17-9-11-20(27)21(28)14-17/h9,11-14,16,18H,3-8,10,15H2,1-2H3/t16-/m0/s1. The zero-order chi connectivity index (χ0) is 23.1. The Morgan fingerprint density at radius 3 is 2.61 bits per heavy atom. The minimum atomic E-state index is -0.842. The summed E-state index contributed by atoms with van der Waals surface area (Å²) < 4.78 is 34.8. The van der Waals surface area contributed by atoms with Gasteiger partial charge >= 0.3 is 6.09 Å². The molecule has 1 aliphatic carbocycles. The van der Waals surface area contributed by atoms with E-state index in [9.17, 15) is 13.6 Å². The molecule has 1 amide bonds. The fraction of sp³-hybridized carbons (Fsp3) is 0.462. The molecule has 0 unspecified atom stereocenters. The number of nitrogens with zero attached hydrogens (tertiary/aromatic N) is 3. The first-order valence-electron chi connectivity index (χ1n) is 11.8. The van der Waals surface area contributed by atoms with E-state index in [2.05, 4.69) is 10.6 Å². The number of carbonyl (C=O) groups is 1. The molecular weight excluding hydrogens is 424 g/mol. The largest absolute Gasteiger partial charge is 0.452 e. The van der Waals surface area contributed by atoms with Gasteiger partial charge in [0.1, 0.15) is 5.82 Å². The Morgan fingerprint density at radius 2 is 1.88 bits per heavy atom. The number of rotatable bonds is 3. The van der Waals surface area contributed by atoms with E-state index in [0.717, 1.165) is 53.8 Å². The number of anilines is 1. The van der Waals surface area contributed by atoms with Gasteiger partial charge in [0.25, 0.3) is 0 Å². The molecule has 2 heterocycles. The van der Waals surface area contributed by atoms with Crippen LogP contribution in [-0.4, -0.2) is 28.8 Å². The van der Waals surface area contributed by atoms with Gasteiger partial charge in [-0.2, -0.15) is 0 Å². The Hall–Kier alpha value is -2.96. The van der Waals surface area contributed by atoms with Gasteiger partial charge in [-0.05, 0) is 62.4 Å². The molecule has 1 saturated carbocycles. The van der Waals surface area contributed by atoms with Gasteiger partial charge in [-0.3, -0.25) is 4.90 Å². The molecule has 0 saturated heterocycles. The second-order valence-electron chi connectivity index (χ2n) is 9.27. The van der Waals surface area contributed by atoms with E-state index in [0.29, 0.717) is 18.0 Å². The molecule has 7 heteroatoms. The van der Waals surface area contributed by atoms with Crippen LogP contribution < -0.4 is 4.90 Å². The Kier molecular flexibility index (Phi) is 5.81. The quantitative estimate of drug-likeness (QED) is 0.466. The van der Waals surface area contributed by atoms with Crippen molar-refractivity contribution in [3.8, 4) is 0 Å². The molecule has 0 spiro atoms. The van der Waals surface area contributed by atoms with Gasteiger partial charge in [-0.15, -0.1) is 0 Å². The van der Waals surface area contributed by atoms with E-state index in [1.165, 1.54) is 38.5 Å². The molecule has 174 valence electrons. The highest BCUT2D eigenvalue weighted by atomic mass is 19.2. The van der Waals surface area contributed by atoms with Crippen LogP contribution in [0.5, 0.6) is 0 Å². The van der Waals surface area contributed by atoms with Crippen molar-refractivity contribution in [3.63, 3.8) is 0 Å². The monoisotopic (exact) mass is 453 g/mol. The van der Waals surface area contributed by atoms with Gasteiger partial charge in [-0.1, -0.05) is 25.3 Å². The summed E-state index contributed by atoms with van der Waals surface area (Å²) in [5.74, 6) is -0.821. The number of hydrogen-bond donors (Lipinski definition) is 0. The Morgan fingerprint density at radius 1 is 1.09 bits per heavy atom. The van der Waals surface area contributed by atoms with Crippen LogP contribution in [0.2, 0.25) is 0 Å². The summed E-state index contributed by atoms with van der Waals surface area (Å²) in [6, 6.07) is 8.50. The summed E-state index contributed by atoms with van der Waals surface area (Å²) >= 11 is 0. The van der Waals surface area contributed by atoms with E-state index in [1.54, 1.807) is 11.0 Å². The van der Waals surface area contributed by atoms with E-state index in [-0.39, 0.29) is 12.1 Å². The summed E-state index contributed by atoms with van der Waals surface area (Å²) in [5.41, 5.74) is 4.55. The van der Waals surface area contributed by atoms with E-state index in [4.69, 9.17) is 9.72 Å². The van der Waals surface area contributed by atoms with Gasteiger partial charge < -0.3 is 9.30 Å². The number of amides is 1. The minimum Gasteiger partial charge on any atom is -0.452 e. The molecule has 1 aliphatic heterocycles. The number of imidazole rings is 1. The van der Waals surface area contributed by atoms with Crippen LogP contribution in [0.25, 0.3) is 11.0 Å². The van der Waals surface area contributed by atoms with Gasteiger partial charge in [0.15, 0.2) is 11.6 Å². The number of fused-ring (bicyclic) bond motifs is 3. The van der Waals surface area contributed by atoms with E-state index >= 15 is 0 Å². The Labute approximate surface area is 192 Å². The van der Waals surface area contributed by atoms with Gasteiger partial charge in [0.05, 0.1) is 23.8 Å². The number of aryl methyl sites for hydroxylation is 1. The zero-order valence-electron chi connectivity index (χ0n) is 19.1. The minimum absolute atomic E-state index is 0.0458. The van der Waals surface area contributed by atoms with Crippen molar-refractivity contribution < 1.29 is 18.3 Å². The summed E-state index contributed by atoms with van der Waals surface area (Å²) in [6.07, 6.45) is 7.47. The topological polar surface area (TPSA) is 47.4 Å². The van der Waals surface area contributed by atoms with E-state index < -0.39 is 11.6 Å². The van der Waals surface area contributed by atoms with Crippen LogP contribution in [0.4, 0.5) is 19.3 Å². The van der Waals surface area contributed by atoms with Crippen LogP contribution in [0.3, 0.4) is 0 Å².